The van der Waals surface area contributed by atoms with E-state index in [4.69, 9.17) is 5.26 Å². The van der Waals surface area contributed by atoms with E-state index >= 15 is 0 Å². The first kappa shape index (κ1) is 10.8. The van der Waals surface area contributed by atoms with Gasteiger partial charge in [0.1, 0.15) is 0 Å². The van der Waals surface area contributed by atoms with Gasteiger partial charge < -0.3 is 5.32 Å². The summed E-state index contributed by atoms with van der Waals surface area (Å²) in [5.41, 5.74) is 1.40. The van der Waals surface area contributed by atoms with Crippen LogP contribution in [-0.4, -0.2) is 20.9 Å². The van der Waals surface area contributed by atoms with Crippen molar-refractivity contribution in [2.75, 3.05) is 5.32 Å². The average molecular weight is 227 g/mol. The summed E-state index contributed by atoms with van der Waals surface area (Å²) in [5, 5.41) is 18.7. The molecule has 1 amide bonds. The molecule has 0 spiro atoms. The molecule has 0 aliphatic carbocycles. The number of nitrogens with zero attached hydrogens (tertiary/aromatic N) is 4. The highest BCUT2D eigenvalue weighted by Crippen LogP contribution is 2.09. The van der Waals surface area contributed by atoms with Crippen molar-refractivity contribution in [2.24, 2.45) is 7.05 Å². The molecule has 6 nitrogen and oxygen atoms in total. The molecule has 0 aliphatic heterocycles. The highest BCUT2D eigenvalue weighted by Gasteiger charge is 2.09. The second-order valence-electron chi connectivity index (χ2n) is 3.42. The van der Waals surface area contributed by atoms with Gasteiger partial charge in [0.25, 0.3) is 5.91 Å². The predicted octanol–water partition coefficient (Wildman–Crippen LogP) is 0.939. The summed E-state index contributed by atoms with van der Waals surface area (Å²) in [6, 6.07) is 8.59. The lowest BCUT2D eigenvalue weighted by Crippen LogP contribution is -2.12. The average Bonchev–Trinajstić information content (AvgIpc) is 2.77. The topological polar surface area (TPSA) is 83.6 Å². The maximum atomic E-state index is 11.7. The molecule has 0 saturated heterocycles. The van der Waals surface area contributed by atoms with Crippen molar-refractivity contribution in [3.63, 3.8) is 0 Å². The molecule has 6 heteroatoms. The molecular weight excluding hydrogens is 218 g/mol. The van der Waals surface area contributed by atoms with E-state index in [1.54, 1.807) is 31.3 Å². The van der Waals surface area contributed by atoms with Crippen LogP contribution in [0.25, 0.3) is 0 Å². The molecule has 0 unspecified atom stereocenters. The fourth-order valence-corrected chi connectivity index (χ4v) is 1.27. The molecule has 1 aromatic heterocycles. The third-order valence-corrected chi connectivity index (χ3v) is 2.11. The van der Waals surface area contributed by atoms with E-state index < -0.39 is 0 Å². The van der Waals surface area contributed by atoms with Crippen LogP contribution in [0.3, 0.4) is 0 Å². The van der Waals surface area contributed by atoms with Crippen molar-refractivity contribution in [1.82, 2.24) is 15.0 Å². The Bertz CT molecular complexity index is 579. The molecule has 0 bridgehead atoms. The number of hydrogen-bond acceptors (Lipinski definition) is 4. The highest BCUT2D eigenvalue weighted by atomic mass is 16.2. The smallest absolute Gasteiger partial charge is 0.277 e. The minimum atomic E-state index is -0.331. The van der Waals surface area contributed by atoms with Crippen LogP contribution in [-0.2, 0) is 7.05 Å². The Balaban J connectivity index is 2.11. The van der Waals surface area contributed by atoms with E-state index in [0.29, 0.717) is 11.3 Å². The predicted molar refractivity (Wildman–Crippen MR) is 60.1 cm³/mol. The van der Waals surface area contributed by atoms with Crippen molar-refractivity contribution < 1.29 is 4.79 Å². The second-order valence-corrected chi connectivity index (χ2v) is 3.42. The number of aromatic nitrogens is 3. The van der Waals surface area contributed by atoms with Crippen LogP contribution in [0.15, 0.2) is 30.5 Å². The Hall–Kier alpha value is -2.68. The number of benzene rings is 1. The minimum absolute atomic E-state index is 0.247. The summed E-state index contributed by atoms with van der Waals surface area (Å²) >= 11 is 0. The largest absolute Gasteiger partial charge is 0.321 e. The van der Waals surface area contributed by atoms with E-state index in [9.17, 15) is 4.79 Å². The monoisotopic (exact) mass is 227 g/mol. The third kappa shape index (κ3) is 2.46. The van der Waals surface area contributed by atoms with Gasteiger partial charge in [0.05, 0.1) is 17.8 Å². The van der Waals surface area contributed by atoms with Crippen LogP contribution in [0.5, 0.6) is 0 Å². The van der Waals surface area contributed by atoms with E-state index in [1.807, 2.05) is 6.07 Å². The number of hydrogen-bond donors (Lipinski definition) is 1. The van der Waals surface area contributed by atoms with Gasteiger partial charge >= 0.3 is 0 Å². The molecule has 1 aromatic carbocycles. The van der Waals surface area contributed by atoms with Crippen molar-refractivity contribution in [2.45, 2.75) is 0 Å². The van der Waals surface area contributed by atoms with Crippen molar-refractivity contribution in [1.29, 1.82) is 5.26 Å². The Morgan fingerprint density at radius 2 is 2.12 bits per heavy atom. The van der Waals surface area contributed by atoms with Gasteiger partial charge in [-0.15, -0.1) is 5.10 Å². The number of amides is 1. The van der Waals surface area contributed by atoms with E-state index in [-0.39, 0.29) is 11.6 Å². The molecular formula is C11H9N5O. The Morgan fingerprint density at radius 1 is 1.41 bits per heavy atom. The lowest BCUT2D eigenvalue weighted by Gasteiger charge is -2.01. The number of aryl methyl sites for hydroxylation is 1. The van der Waals surface area contributed by atoms with Crippen LogP contribution < -0.4 is 5.32 Å². The standard InChI is InChI=1S/C11H9N5O/c1-16-7-10(14-15-16)11(17)13-9-4-2-8(6-12)3-5-9/h2-5,7H,1H3,(H,13,17). The lowest BCUT2D eigenvalue weighted by atomic mass is 10.2. The fourth-order valence-electron chi connectivity index (χ4n) is 1.27. The molecule has 17 heavy (non-hydrogen) atoms. The third-order valence-electron chi connectivity index (χ3n) is 2.11. The maximum Gasteiger partial charge on any atom is 0.277 e. The van der Waals surface area contributed by atoms with Gasteiger partial charge in [0.2, 0.25) is 0 Å². The number of carbonyl (C=O) groups excluding carboxylic acids is 1. The quantitative estimate of drug-likeness (QED) is 0.827. The molecule has 2 aromatic rings. The van der Waals surface area contributed by atoms with Gasteiger partial charge in [-0.05, 0) is 24.3 Å². The summed E-state index contributed by atoms with van der Waals surface area (Å²) in [5.74, 6) is -0.331. The van der Waals surface area contributed by atoms with Crippen molar-refractivity contribution in [3.05, 3.63) is 41.7 Å². The van der Waals surface area contributed by atoms with Gasteiger partial charge in [0.15, 0.2) is 5.69 Å². The first-order valence-corrected chi connectivity index (χ1v) is 4.87. The summed E-state index contributed by atoms with van der Waals surface area (Å²) < 4.78 is 1.45. The molecule has 0 fully saturated rings. The number of carbonyl (C=O) groups is 1. The van der Waals surface area contributed by atoms with Crippen LogP contribution in [0, 0.1) is 11.3 Å². The number of nitriles is 1. The van der Waals surface area contributed by atoms with Crippen molar-refractivity contribution >= 4 is 11.6 Å². The van der Waals surface area contributed by atoms with Crippen LogP contribution in [0.1, 0.15) is 16.1 Å². The zero-order valence-corrected chi connectivity index (χ0v) is 9.08. The van der Waals surface area contributed by atoms with E-state index in [2.05, 4.69) is 15.6 Å². The molecule has 0 aliphatic rings. The maximum absolute atomic E-state index is 11.7. The summed E-state index contributed by atoms with van der Waals surface area (Å²) in [4.78, 5) is 11.7. The molecule has 0 saturated carbocycles. The normalized spacial score (nSPS) is 9.65. The van der Waals surface area contributed by atoms with Crippen LogP contribution >= 0.6 is 0 Å². The van der Waals surface area contributed by atoms with E-state index in [1.165, 1.54) is 10.9 Å². The molecule has 1 heterocycles. The van der Waals surface area contributed by atoms with E-state index in [0.717, 1.165) is 0 Å². The zero-order valence-electron chi connectivity index (χ0n) is 9.08. The number of anilines is 1. The lowest BCUT2D eigenvalue weighted by molar-refractivity contribution is 0.102. The molecule has 0 atom stereocenters. The molecule has 84 valence electrons. The fraction of sp³-hybridized carbons (Fsp3) is 0.0909. The molecule has 0 radical (unpaired) electrons. The molecule has 2 rings (SSSR count). The summed E-state index contributed by atoms with van der Waals surface area (Å²) in [7, 11) is 1.69. The van der Waals surface area contributed by atoms with Gasteiger partial charge in [0, 0.05) is 12.7 Å². The van der Waals surface area contributed by atoms with Crippen LogP contribution in [0.4, 0.5) is 5.69 Å². The Morgan fingerprint density at radius 3 is 2.65 bits per heavy atom. The zero-order chi connectivity index (χ0) is 12.3. The van der Waals surface area contributed by atoms with Gasteiger partial charge in [-0.1, -0.05) is 5.21 Å². The first-order chi connectivity index (χ1) is 8.19. The first-order valence-electron chi connectivity index (χ1n) is 4.87. The summed E-state index contributed by atoms with van der Waals surface area (Å²) in [6.07, 6.45) is 1.53. The second kappa shape index (κ2) is 4.45. The number of nitrogens with one attached hydrogen (secondary N) is 1. The summed E-state index contributed by atoms with van der Waals surface area (Å²) in [6.45, 7) is 0. The van der Waals surface area contributed by atoms with Crippen LogP contribution in [0.2, 0.25) is 0 Å². The van der Waals surface area contributed by atoms with Gasteiger partial charge in [-0.25, -0.2) is 0 Å². The van der Waals surface area contributed by atoms with Gasteiger partial charge in [-0.2, -0.15) is 5.26 Å². The SMILES string of the molecule is Cn1cc(C(=O)Nc2ccc(C#N)cc2)nn1. The number of rotatable bonds is 2. The van der Waals surface area contributed by atoms with Gasteiger partial charge in [-0.3, -0.25) is 9.48 Å². The molecule has 1 N–H and O–H groups in total. The Labute approximate surface area is 97.5 Å². The Kier molecular flexibility index (Phi) is 2.83. The van der Waals surface area contributed by atoms with Crippen molar-refractivity contribution in [3.8, 4) is 6.07 Å². The minimum Gasteiger partial charge on any atom is -0.321 e. The highest BCUT2D eigenvalue weighted by molar-refractivity contribution is 6.02.